The first kappa shape index (κ1) is 19.5. The van der Waals surface area contributed by atoms with E-state index in [4.69, 9.17) is 9.84 Å². The molecule has 3 aromatic rings. The van der Waals surface area contributed by atoms with Crippen molar-refractivity contribution in [1.82, 2.24) is 9.97 Å². The molecule has 0 radical (unpaired) electrons. The van der Waals surface area contributed by atoms with E-state index in [1.165, 1.54) is 12.4 Å². The molecule has 1 aromatic heterocycles. The number of nitrogens with zero attached hydrogens (tertiary/aromatic N) is 3. The number of ether oxygens (including phenoxy) is 1. The van der Waals surface area contributed by atoms with Crippen LogP contribution in [0.2, 0.25) is 0 Å². The molecule has 2 N–H and O–H groups in total. The quantitative estimate of drug-likeness (QED) is 0.328. The lowest BCUT2D eigenvalue weighted by Gasteiger charge is -2.16. The Hall–Kier alpha value is -3.26. The molecule has 0 aliphatic carbocycles. The van der Waals surface area contributed by atoms with Gasteiger partial charge in [0.15, 0.2) is 5.75 Å². The standard InChI is InChI=1S/C20H22N4O4/c1-14(15-7-3-2-4-8-15)23-20-16-11-18(24(26)27)19(28-10-6-5-9-25)12-17(16)21-13-22-20/h2-4,7-8,11-14,25H,5-6,9-10H2,1H3,(H,21,22,23). The summed E-state index contributed by atoms with van der Waals surface area (Å²) in [4.78, 5) is 19.6. The Morgan fingerprint density at radius 2 is 2.00 bits per heavy atom. The van der Waals surface area contributed by atoms with Crippen LogP contribution in [0.5, 0.6) is 5.75 Å². The van der Waals surface area contributed by atoms with Crippen LogP contribution in [0.3, 0.4) is 0 Å². The highest BCUT2D eigenvalue weighted by Gasteiger charge is 2.20. The highest BCUT2D eigenvalue weighted by atomic mass is 16.6. The molecule has 146 valence electrons. The lowest BCUT2D eigenvalue weighted by atomic mass is 10.1. The van der Waals surface area contributed by atoms with E-state index in [0.717, 1.165) is 5.56 Å². The van der Waals surface area contributed by atoms with Gasteiger partial charge < -0.3 is 15.2 Å². The second-order valence-electron chi connectivity index (χ2n) is 6.37. The van der Waals surface area contributed by atoms with E-state index in [2.05, 4.69) is 15.3 Å². The molecule has 28 heavy (non-hydrogen) atoms. The summed E-state index contributed by atoms with van der Waals surface area (Å²) >= 11 is 0. The van der Waals surface area contributed by atoms with Crippen molar-refractivity contribution < 1.29 is 14.8 Å². The molecule has 0 fully saturated rings. The summed E-state index contributed by atoms with van der Waals surface area (Å²) < 4.78 is 5.57. The second-order valence-corrected chi connectivity index (χ2v) is 6.37. The van der Waals surface area contributed by atoms with Crippen molar-refractivity contribution in [3.05, 3.63) is 64.5 Å². The van der Waals surface area contributed by atoms with Gasteiger partial charge in [0.25, 0.3) is 0 Å². The Morgan fingerprint density at radius 1 is 1.21 bits per heavy atom. The van der Waals surface area contributed by atoms with Gasteiger partial charge in [0.1, 0.15) is 12.1 Å². The number of nitrogens with one attached hydrogen (secondary N) is 1. The van der Waals surface area contributed by atoms with Crippen LogP contribution in [-0.2, 0) is 0 Å². The van der Waals surface area contributed by atoms with E-state index < -0.39 is 4.92 Å². The van der Waals surface area contributed by atoms with Crippen molar-refractivity contribution >= 4 is 22.4 Å². The summed E-state index contributed by atoms with van der Waals surface area (Å²) in [5, 5.41) is 24.2. The predicted octanol–water partition coefficient (Wildman–Crippen LogP) is 3.86. The molecule has 0 bridgehead atoms. The average molecular weight is 382 g/mol. The largest absolute Gasteiger partial charge is 0.487 e. The molecule has 0 aliphatic heterocycles. The molecule has 1 atom stereocenters. The fourth-order valence-corrected chi connectivity index (χ4v) is 2.87. The second kappa shape index (κ2) is 9.09. The van der Waals surface area contributed by atoms with Crippen molar-refractivity contribution in [2.24, 2.45) is 0 Å². The van der Waals surface area contributed by atoms with Crippen molar-refractivity contribution in [3.63, 3.8) is 0 Å². The third-order valence-corrected chi connectivity index (χ3v) is 4.38. The molecule has 0 spiro atoms. The van der Waals surface area contributed by atoms with E-state index in [1.807, 2.05) is 37.3 Å². The van der Waals surface area contributed by atoms with Crippen LogP contribution in [0, 0.1) is 10.1 Å². The van der Waals surface area contributed by atoms with Crippen molar-refractivity contribution in [2.45, 2.75) is 25.8 Å². The number of hydrogen-bond acceptors (Lipinski definition) is 7. The van der Waals surface area contributed by atoms with Crippen LogP contribution in [0.1, 0.15) is 31.4 Å². The first-order valence-electron chi connectivity index (χ1n) is 9.08. The number of aliphatic hydroxyl groups excluding tert-OH is 1. The molecule has 0 saturated heterocycles. The molecule has 1 heterocycles. The zero-order valence-electron chi connectivity index (χ0n) is 15.5. The summed E-state index contributed by atoms with van der Waals surface area (Å²) in [5.41, 5.74) is 1.50. The highest BCUT2D eigenvalue weighted by Crippen LogP contribution is 2.34. The van der Waals surface area contributed by atoms with Gasteiger partial charge in [-0.05, 0) is 25.3 Å². The highest BCUT2D eigenvalue weighted by molar-refractivity contribution is 5.92. The van der Waals surface area contributed by atoms with Gasteiger partial charge in [0.2, 0.25) is 0 Å². The van der Waals surface area contributed by atoms with Crippen LogP contribution in [0.4, 0.5) is 11.5 Å². The van der Waals surface area contributed by atoms with Gasteiger partial charge in [-0.3, -0.25) is 10.1 Å². The van der Waals surface area contributed by atoms with Crippen molar-refractivity contribution in [1.29, 1.82) is 0 Å². The zero-order valence-corrected chi connectivity index (χ0v) is 15.5. The van der Waals surface area contributed by atoms with Crippen LogP contribution >= 0.6 is 0 Å². The molecule has 2 aromatic carbocycles. The third kappa shape index (κ3) is 4.52. The van der Waals surface area contributed by atoms with E-state index >= 15 is 0 Å². The van der Waals surface area contributed by atoms with Gasteiger partial charge in [-0.15, -0.1) is 0 Å². The Bertz CT molecular complexity index is 950. The van der Waals surface area contributed by atoms with E-state index in [1.54, 1.807) is 6.07 Å². The van der Waals surface area contributed by atoms with Gasteiger partial charge in [-0.25, -0.2) is 9.97 Å². The molecule has 3 rings (SSSR count). The monoisotopic (exact) mass is 382 g/mol. The molecule has 0 saturated carbocycles. The van der Waals surface area contributed by atoms with Crippen molar-refractivity contribution in [3.8, 4) is 5.75 Å². The minimum absolute atomic E-state index is 0.0345. The predicted molar refractivity (Wildman–Crippen MR) is 106 cm³/mol. The number of anilines is 1. The van der Waals surface area contributed by atoms with Gasteiger partial charge in [0.05, 0.1) is 17.0 Å². The smallest absolute Gasteiger partial charge is 0.311 e. The number of benzene rings is 2. The molecular formula is C20H22N4O4. The van der Waals surface area contributed by atoms with Crippen molar-refractivity contribution in [2.75, 3.05) is 18.5 Å². The minimum atomic E-state index is -0.474. The first-order chi connectivity index (χ1) is 13.6. The number of aromatic nitrogens is 2. The van der Waals surface area contributed by atoms with Gasteiger partial charge in [-0.2, -0.15) is 0 Å². The fraction of sp³-hybridized carbons (Fsp3) is 0.300. The molecule has 0 aliphatic rings. The topological polar surface area (TPSA) is 110 Å². The van der Waals surface area contributed by atoms with Gasteiger partial charge in [-0.1, -0.05) is 30.3 Å². The Morgan fingerprint density at radius 3 is 2.71 bits per heavy atom. The Labute approximate surface area is 162 Å². The number of rotatable bonds is 9. The van der Waals surface area contributed by atoms with E-state index in [9.17, 15) is 10.1 Å². The molecule has 1 unspecified atom stereocenters. The summed E-state index contributed by atoms with van der Waals surface area (Å²) in [6.07, 6.45) is 2.61. The summed E-state index contributed by atoms with van der Waals surface area (Å²) in [5.74, 6) is 0.687. The van der Waals surface area contributed by atoms with Crippen LogP contribution in [0.15, 0.2) is 48.8 Å². The summed E-state index contributed by atoms with van der Waals surface area (Å²) in [6, 6.07) is 12.8. The third-order valence-electron chi connectivity index (χ3n) is 4.38. The molecule has 8 nitrogen and oxygen atoms in total. The zero-order chi connectivity index (χ0) is 19.9. The SMILES string of the molecule is CC(Nc1ncnc2cc(OCCCCO)c([N+](=O)[O-])cc12)c1ccccc1. The average Bonchev–Trinajstić information content (AvgIpc) is 2.71. The van der Waals surface area contributed by atoms with Gasteiger partial charge in [0, 0.05) is 30.2 Å². The number of unbranched alkanes of at least 4 members (excludes halogenated alkanes) is 1. The lowest BCUT2D eigenvalue weighted by Crippen LogP contribution is -2.09. The minimum Gasteiger partial charge on any atom is -0.487 e. The molecular weight excluding hydrogens is 360 g/mol. The summed E-state index contributed by atoms with van der Waals surface area (Å²) in [7, 11) is 0. The molecule has 0 amide bonds. The fourth-order valence-electron chi connectivity index (χ4n) is 2.87. The van der Waals surface area contributed by atoms with Crippen LogP contribution in [0.25, 0.3) is 10.9 Å². The molecule has 8 heteroatoms. The maximum Gasteiger partial charge on any atom is 0.311 e. The number of nitro groups is 1. The summed E-state index contributed by atoms with van der Waals surface area (Å²) in [6.45, 7) is 2.34. The Kier molecular flexibility index (Phi) is 6.33. The number of nitro benzene ring substituents is 1. The Balaban J connectivity index is 1.92. The normalized spacial score (nSPS) is 11.9. The van der Waals surface area contributed by atoms with Crippen LogP contribution < -0.4 is 10.1 Å². The first-order valence-corrected chi connectivity index (χ1v) is 9.08. The lowest BCUT2D eigenvalue weighted by molar-refractivity contribution is -0.385. The maximum atomic E-state index is 11.5. The van der Waals surface area contributed by atoms with E-state index in [-0.39, 0.29) is 30.7 Å². The van der Waals surface area contributed by atoms with E-state index in [0.29, 0.717) is 29.6 Å². The van der Waals surface area contributed by atoms with Crippen LogP contribution in [-0.4, -0.2) is 33.2 Å². The number of hydrogen-bond donors (Lipinski definition) is 2. The number of aliphatic hydroxyl groups is 1. The number of fused-ring (bicyclic) bond motifs is 1. The maximum absolute atomic E-state index is 11.5. The van der Waals surface area contributed by atoms with Gasteiger partial charge >= 0.3 is 5.69 Å².